The lowest BCUT2D eigenvalue weighted by molar-refractivity contribution is -0.134. The fourth-order valence-electron chi connectivity index (χ4n) is 13.2. The molecule has 0 amide bonds. The summed E-state index contributed by atoms with van der Waals surface area (Å²) in [5.74, 6) is -1.21. The number of aromatic amines is 1. The van der Waals surface area contributed by atoms with E-state index in [1.807, 2.05) is 43.6 Å². The summed E-state index contributed by atoms with van der Waals surface area (Å²) in [5, 5.41) is 82.6. The molecule has 2 bridgehead atoms. The van der Waals surface area contributed by atoms with Crippen LogP contribution in [-0.2, 0) is 23.1 Å². The van der Waals surface area contributed by atoms with Crippen molar-refractivity contribution in [2.75, 3.05) is 39.2 Å². The van der Waals surface area contributed by atoms with Crippen molar-refractivity contribution in [3.63, 3.8) is 0 Å². The van der Waals surface area contributed by atoms with Gasteiger partial charge in [0, 0.05) is 59.8 Å². The Hall–Kier alpha value is -6.67. The number of anilines is 1. The summed E-state index contributed by atoms with van der Waals surface area (Å²) < 4.78 is 11.9. The van der Waals surface area contributed by atoms with Crippen LogP contribution in [0.25, 0.3) is 16.8 Å². The SMILES string of the molecule is CNC[C@@]12C=Cc3cc(O)cc4ccc(c1c34)NC1=CC(=CCN1)[C@]1(CC[C@@H](O)[C@H]1Cc1ccc[nH]1)[C@@H]([C@H](O)CCc1ccc(O)c(OC)c1)C(=O)C[C@H](c1cc(O)c(O)c(OC[C@@H]3C=CC[C@H](C)C3)c1)C2. The first-order chi connectivity index (χ1) is 34.8. The van der Waals surface area contributed by atoms with E-state index >= 15 is 4.79 Å². The normalized spacial score (nSPS) is 27.2. The lowest BCUT2D eigenvalue weighted by Crippen LogP contribution is -2.50. The molecule has 0 saturated heterocycles. The van der Waals surface area contributed by atoms with Crippen molar-refractivity contribution in [1.29, 1.82) is 0 Å². The monoisotopic (exact) mass is 976 g/mol. The van der Waals surface area contributed by atoms with Crippen LogP contribution in [0.15, 0.2) is 115 Å². The first-order valence-corrected chi connectivity index (χ1v) is 25.6. The van der Waals surface area contributed by atoms with E-state index in [0.717, 1.165) is 57.3 Å². The van der Waals surface area contributed by atoms with Crippen LogP contribution in [0.4, 0.5) is 5.69 Å². The Morgan fingerprint density at radius 2 is 1.86 bits per heavy atom. The van der Waals surface area contributed by atoms with Gasteiger partial charge in [0.25, 0.3) is 0 Å². The number of rotatable bonds is 13. The van der Waals surface area contributed by atoms with E-state index in [4.69, 9.17) is 9.47 Å². The van der Waals surface area contributed by atoms with Crippen LogP contribution in [0.3, 0.4) is 0 Å². The summed E-state index contributed by atoms with van der Waals surface area (Å²) in [6.45, 7) is 3.36. The van der Waals surface area contributed by atoms with Crippen LogP contribution in [0.1, 0.15) is 85.7 Å². The summed E-state index contributed by atoms with van der Waals surface area (Å²) >= 11 is 0. The first kappa shape index (κ1) is 48.9. The zero-order valence-corrected chi connectivity index (χ0v) is 41.3. The van der Waals surface area contributed by atoms with Gasteiger partial charge in [-0.05, 0) is 170 Å². The van der Waals surface area contributed by atoms with E-state index in [1.165, 1.54) is 7.11 Å². The third kappa shape index (κ3) is 9.22. The molecule has 5 aromatic rings. The Morgan fingerprint density at radius 1 is 1.00 bits per heavy atom. The number of dihydropyridines is 1. The van der Waals surface area contributed by atoms with Gasteiger partial charge in [0.2, 0.25) is 5.75 Å². The van der Waals surface area contributed by atoms with Crippen LogP contribution < -0.4 is 25.4 Å². The number of nitrogens with one attached hydrogen (secondary N) is 4. The fourth-order valence-corrected chi connectivity index (χ4v) is 13.2. The number of aliphatic hydroxyl groups is 2. The van der Waals surface area contributed by atoms with Gasteiger partial charge < -0.3 is 61.0 Å². The molecular weight excluding hydrogens is 909 g/mol. The van der Waals surface area contributed by atoms with Crippen molar-refractivity contribution in [3.05, 3.63) is 143 Å². The Morgan fingerprint density at radius 3 is 2.65 bits per heavy atom. The van der Waals surface area contributed by atoms with E-state index in [1.54, 1.807) is 42.5 Å². The maximum Gasteiger partial charge on any atom is 0.200 e. The van der Waals surface area contributed by atoms with Crippen molar-refractivity contribution < 1.29 is 44.9 Å². The average molecular weight is 977 g/mol. The lowest BCUT2D eigenvalue weighted by Gasteiger charge is -2.47. The Kier molecular flexibility index (Phi) is 13.7. The van der Waals surface area contributed by atoms with Crippen molar-refractivity contribution in [2.24, 2.45) is 29.1 Å². The predicted molar refractivity (Wildman–Crippen MR) is 279 cm³/mol. The van der Waals surface area contributed by atoms with Crippen molar-refractivity contribution in [1.82, 2.24) is 15.6 Å². The highest BCUT2D eigenvalue weighted by Gasteiger charge is 2.58. The fraction of sp³-hybridized carbons (Fsp3) is 0.407. The van der Waals surface area contributed by atoms with Gasteiger partial charge in [0.1, 0.15) is 17.4 Å². The third-order valence-corrected chi connectivity index (χ3v) is 16.5. The van der Waals surface area contributed by atoms with Crippen LogP contribution in [0.5, 0.6) is 34.5 Å². The van der Waals surface area contributed by atoms with Crippen LogP contribution in [0.2, 0.25) is 0 Å². The van der Waals surface area contributed by atoms with E-state index in [9.17, 15) is 30.6 Å². The van der Waals surface area contributed by atoms with E-state index in [0.29, 0.717) is 74.9 Å². The molecule has 378 valence electrons. The van der Waals surface area contributed by atoms with Gasteiger partial charge in [-0.15, -0.1) is 0 Å². The number of allylic oxidation sites excluding steroid dienone is 3. The summed E-state index contributed by atoms with van der Waals surface area (Å²) in [5.41, 5.74) is 3.93. The number of methoxy groups -OCH3 is 1. The molecule has 3 aliphatic carbocycles. The van der Waals surface area contributed by atoms with E-state index in [2.05, 4.69) is 58.2 Å². The number of ether oxygens (including phenoxy) is 2. The van der Waals surface area contributed by atoms with Crippen LogP contribution in [0, 0.1) is 29.1 Å². The topological polar surface area (TPSA) is 209 Å². The van der Waals surface area contributed by atoms with Gasteiger partial charge in [0.05, 0.1) is 31.8 Å². The minimum atomic E-state index is -1.20. The second kappa shape index (κ2) is 20.1. The van der Waals surface area contributed by atoms with Gasteiger partial charge in [-0.25, -0.2) is 0 Å². The number of ketones is 1. The number of benzene rings is 4. The molecule has 1 aromatic heterocycles. The minimum absolute atomic E-state index is 0.000904. The van der Waals surface area contributed by atoms with Gasteiger partial charge in [-0.1, -0.05) is 49.4 Å². The number of phenolic OH excluding ortho intramolecular Hbond substituents is 4. The molecule has 1 saturated carbocycles. The molecule has 72 heavy (non-hydrogen) atoms. The molecule has 0 unspecified atom stereocenters. The maximum absolute atomic E-state index is 16.4. The molecule has 13 heteroatoms. The molecule has 5 aliphatic rings. The maximum atomic E-state index is 16.4. The highest BCUT2D eigenvalue weighted by atomic mass is 16.5. The number of H-pyrrole nitrogens is 1. The van der Waals surface area contributed by atoms with E-state index < -0.39 is 40.8 Å². The number of fused-ring (bicyclic) bond motifs is 2. The number of Topliss-reactive ketones (excluding diaryl/α,β-unsaturated/α-hetero) is 1. The second-order valence-corrected chi connectivity index (χ2v) is 21.1. The number of likely N-dealkylation sites (N-methyl/N-ethyl adjacent to an activating group) is 1. The van der Waals surface area contributed by atoms with Gasteiger partial charge in [-0.3, -0.25) is 4.79 Å². The highest BCUT2D eigenvalue weighted by Crippen LogP contribution is 2.59. The molecule has 1 spiro atoms. The largest absolute Gasteiger partial charge is 0.508 e. The molecule has 1 fully saturated rings. The Bertz CT molecular complexity index is 2960. The number of aryl methyl sites for hydroxylation is 1. The molecular formula is C59H68N4O9. The second-order valence-electron chi connectivity index (χ2n) is 21.1. The van der Waals surface area contributed by atoms with Gasteiger partial charge >= 0.3 is 0 Å². The number of hydrogen-bond acceptors (Lipinski definition) is 12. The number of aromatic nitrogens is 1. The van der Waals surface area contributed by atoms with Crippen molar-refractivity contribution >= 4 is 28.3 Å². The number of hydrogen-bond donors (Lipinski definition) is 10. The molecule has 10 N–H and O–H groups in total. The third-order valence-electron chi connectivity index (χ3n) is 16.5. The lowest BCUT2D eigenvalue weighted by atomic mass is 9.57. The Labute approximate surface area is 421 Å². The zero-order valence-electron chi connectivity index (χ0n) is 41.3. The number of aliphatic hydroxyl groups excluding tert-OH is 2. The Balaban J connectivity index is 1.17. The predicted octanol–water partition coefficient (Wildman–Crippen LogP) is 9.00. The average Bonchev–Trinajstić information content (AvgIpc) is 4.00. The zero-order chi connectivity index (χ0) is 50.3. The quantitative estimate of drug-likeness (QED) is 0.0396. The minimum Gasteiger partial charge on any atom is -0.508 e. The molecule has 10 rings (SSSR count). The van der Waals surface area contributed by atoms with Gasteiger partial charge in [0.15, 0.2) is 23.0 Å². The summed E-state index contributed by atoms with van der Waals surface area (Å²) in [4.78, 5) is 19.8. The van der Waals surface area contributed by atoms with Crippen molar-refractivity contribution in [3.8, 4) is 34.5 Å². The number of carbonyl (C=O) groups is 1. The van der Waals surface area contributed by atoms with Crippen LogP contribution in [-0.4, -0.2) is 87.5 Å². The summed E-state index contributed by atoms with van der Waals surface area (Å²) in [6, 6.07) is 19.9. The molecule has 4 aromatic carbocycles. The first-order valence-electron chi connectivity index (χ1n) is 25.6. The summed E-state index contributed by atoms with van der Waals surface area (Å²) in [6.07, 6.45) is 16.5. The number of aromatic hydroxyl groups is 4. The molecule has 3 heterocycles. The molecule has 2 aliphatic heterocycles. The molecule has 0 radical (unpaired) electrons. The van der Waals surface area contributed by atoms with Crippen LogP contribution >= 0.6 is 0 Å². The number of carbonyl (C=O) groups excluding carboxylic acids is 1. The smallest absolute Gasteiger partial charge is 0.200 e. The summed E-state index contributed by atoms with van der Waals surface area (Å²) in [7, 11) is 3.39. The molecule has 13 nitrogen and oxygen atoms in total. The molecule has 9 atom stereocenters. The highest BCUT2D eigenvalue weighted by molar-refractivity contribution is 6.01. The van der Waals surface area contributed by atoms with Crippen molar-refractivity contribution in [2.45, 2.75) is 88.3 Å². The van der Waals surface area contributed by atoms with Gasteiger partial charge in [-0.2, -0.15) is 0 Å². The number of phenols is 4. The van der Waals surface area contributed by atoms with E-state index in [-0.39, 0.29) is 53.3 Å². The standard InChI is InChI=1S/C59H68N4O9/c1-34-6-4-7-36(22-34)32-72-52-28-39(26-50(69)57(52)70)40-27-49(68)56(48(67)14-10-35-9-13-47(66)51(23-35)71-3)59(19-16-46(65)44(59)30-42-8-5-20-61-42)41-17-21-62-53(29-41)63-45-12-11-37-24-43(64)25-38-15-18-58(31-40,33-60-2)55(45)54(37)38/h4-5,7-9,11-13,15,17-18,20,23-26,28-29,34,36,40,44,46,48,56,60-67,69-70H,6,10,14,16,19,21-22,27,30-33H2,1-3H3/t34-,36+,40-,44+,46+,48+,56-,58-,59-/m0/s1.